The maximum absolute atomic E-state index is 11.6. The molecule has 28 heavy (non-hydrogen) atoms. The maximum Gasteiger partial charge on any atom is 0.409 e. The van der Waals surface area contributed by atoms with Crippen LogP contribution in [0.4, 0.5) is 4.79 Å². The quantitative estimate of drug-likeness (QED) is 0.589. The molecule has 3 aromatic rings. The summed E-state index contributed by atoms with van der Waals surface area (Å²) in [4.78, 5) is 13.3. The van der Waals surface area contributed by atoms with E-state index >= 15 is 0 Å². The van der Waals surface area contributed by atoms with Crippen molar-refractivity contribution in [3.8, 4) is 17.1 Å². The zero-order valence-corrected chi connectivity index (χ0v) is 16.8. The van der Waals surface area contributed by atoms with Crippen molar-refractivity contribution in [2.24, 2.45) is 0 Å². The highest BCUT2D eigenvalue weighted by molar-refractivity contribution is 7.99. The summed E-state index contributed by atoms with van der Waals surface area (Å²) in [6.45, 7) is 5.97. The Hall–Kier alpha value is -2.80. The predicted octanol–water partition coefficient (Wildman–Crippen LogP) is 4.10. The van der Waals surface area contributed by atoms with Gasteiger partial charge in [0.1, 0.15) is 6.61 Å². The SMILES string of the molecule is Cc1ccc(-n2c(SCCN3CCOC3=O)nnc2-c2ccccc2)cc1C. The number of aryl methyl sites for hydroxylation is 2. The number of cyclic esters (lactones) is 1. The van der Waals surface area contributed by atoms with Crippen molar-refractivity contribution < 1.29 is 9.53 Å². The monoisotopic (exact) mass is 394 g/mol. The van der Waals surface area contributed by atoms with Gasteiger partial charge in [0.25, 0.3) is 0 Å². The highest BCUT2D eigenvalue weighted by Gasteiger charge is 2.22. The molecule has 0 atom stereocenters. The molecule has 0 saturated carbocycles. The highest BCUT2D eigenvalue weighted by Crippen LogP contribution is 2.29. The lowest BCUT2D eigenvalue weighted by Gasteiger charge is -2.14. The number of thioether (sulfide) groups is 1. The van der Waals surface area contributed by atoms with Crippen LogP contribution >= 0.6 is 11.8 Å². The van der Waals surface area contributed by atoms with E-state index in [2.05, 4.69) is 46.8 Å². The van der Waals surface area contributed by atoms with Gasteiger partial charge in [-0.25, -0.2) is 4.79 Å². The number of carbonyl (C=O) groups excluding carboxylic acids is 1. The molecule has 1 amide bonds. The normalized spacial score (nSPS) is 13.8. The third-order valence-electron chi connectivity index (χ3n) is 4.85. The first-order chi connectivity index (χ1) is 13.6. The fraction of sp³-hybridized carbons (Fsp3) is 0.286. The van der Waals surface area contributed by atoms with Crippen LogP contribution < -0.4 is 0 Å². The van der Waals surface area contributed by atoms with Crippen LogP contribution in [-0.4, -0.2) is 51.2 Å². The number of nitrogens with zero attached hydrogens (tertiary/aromatic N) is 4. The minimum Gasteiger partial charge on any atom is -0.448 e. The van der Waals surface area contributed by atoms with Crippen molar-refractivity contribution >= 4 is 17.9 Å². The Morgan fingerprint density at radius 1 is 1.07 bits per heavy atom. The van der Waals surface area contributed by atoms with Crippen molar-refractivity contribution in [2.75, 3.05) is 25.4 Å². The lowest BCUT2D eigenvalue weighted by molar-refractivity contribution is 0.160. The van der Waals surface area contributed by atoms with Crippen LogP contribution in [0.3, 0.4) is 0 Å². The average Bonchev–Trinajstić information content (AvgIpc) is 3.31. The second kappa shape index (κ2) is 8.06. The van der Waals surface area contributed by atoms with E-state index in [1.54, 1.807) is 16.7 Å². The van der Waals surface area contributed by atoms with Gasteiger partial charge in [0.15, 0.2) is 11.0 Å². The minimum absolute atomic E-state index is 0.235. The number of carbonyl (C=O) groups is 1. The molecule has 0 spiro atoms. The fourth-order valence-electron chi connectivity index (χ4n) is 3.11. The van der Waals surface area contributed by atoms with Gasteiger partial charge in [-0.1, -0.05) is 48.2 Å². The van der Waals surface area contributed by atoms with Crippen LogP contribution in [0.15, 0.2) is 53.7 Å². The number of benzene rings is 2. The Morgan fingerprint density at radius 2 is 1.89 bits per heavy atom. The second-order valence-electron chi connectivity index (χ2n) is 6.73. The minimum atomic E-state index is -0.235. The lowest BCUT2D eigenvalue weighted by atomic mass is 10.1. The molecule has 0 radical (unpaired) electrons. The average molecular weight is 395 g/mol. The van der Waals surface area contributed by atoms with Gasteiger partial charge in [-0.15, -0.1) is 10.2 Å². The second-order valence-corrected chi connectivity index (χ2v) is 7.79. The summed E-state index contributed by atoms with van der Waals surface area (Å²) in [5.74, 6) is 1.54. The largest absolute Gasteiger partial charge is 0.448 e. The summed E-state index contributed by atoms with van der Waals surface area (Å²) in [6.07, 6.45) is -0.235. The summed E-state index contributed by atoms with van der Waals surface area (Å²) in [7, 11) is 0. The number of amides is 1. The topological polar surface area (TPSA) is 60.2 Å². The van der Waals surface area contributed by atoms with Gasteiger partial charge in [0.2, 0.25) is 0 Å². The van der Waals surface area contributed by atoms with E-state index in [1.807, 2.05) is 30.3 Å². The van der Waals surface area contributed by atoms with Crippen molar-refractivity contribution in [3.05, 3.63) is 59.7 Å². The van der Waals surface area contributed by atoms with Gasteiger partial charge < -0.3 is 9.64 Å². The molecule has 1 aromatic heterocycles. The summed E-state index contributed by atoms with van der Waals surface area (Å²) in [5.41, 5.74) is 4.53. The molecule has 2 heterocycles. The molecule has 2 aromatic carbocycles. The maximum atomic E-state index is 11.6. The van der Waals surface area contributed by atoms with Gasteiger partial charge in [-0.3, -0.25) is 4.57 Å². The van der Waals surface area contributed by atoms with Crippen molar-refractivity contribution in [2.45, 2.75) is 19.0 Å². The number of rotatable bonds is 6. The molecule has 0 bridgehead atoms. The first-order valence-corrected chi connectivity index (χ1v) is 10.2. The molecule has 1 fully saturated rings. The molecular formula is C21H22N4O2S. The summed E-state index contributed by atoms with van der Waals surface area (Å²) < 4.78 is 7.08. The van der Waals surface area contributed by atoms with E-state index in [9.17, 15) is 4.79 Å². The number of ether oxygens (including phenoxy) is 1. The van der Waals surface area contributed by atoms with E-state index in [4.69, 9.17) is 4.74 Å². The third kappa shape index (κ3) is 3.75. The zero-order chi connectivity index (χ0) is 19.5. The first-order valence-electron chi connectivity index (χ1n) is 9.26. The van der Waals surface area contributed by atoms with Crippen molar-refractivity contribution in [1.29, 1.82) is 0 Å². The smallest absolute Gasteiger partial charge is 0.409 e. The molecule has 144 valence electrons. The van der Waals surface area contributed by atoms with E-state index in [0.29, 0.717) is 19.7 Å². The van der Waals surface area contributed by atoms with E-state index in [-0.39, 0.29) is 6.09 Å². The van der Waals surface area contributed by atoms with Crippen LogP contribution in [-0.2, 0) is 4.74 Å². The molecule has 7 heteroatoms. The number of hydrogen-bond acceptors (Lipinski definition) is 5. The van der Waals surface area contributed by atoms with Crippen molar-refractivity contribution in [1.82, 2.24) is 19.7 Å². The van der Waals surface area contributed by atoms with Gasteiger partial charge >= 0.3 is 6.09 Å². The Morgan fingerprint density at radius 3 is 2.61 bits per heavy atom. The Kier molecular flexibility index (Phi) is 5.34. The molecule has 4 rings (SSSR count). The molecule has 0 N–H and O–H groups in total. The summed E-state index contributed by atoms with van der Waals surface area (Å²) >= 11 is 1.60. The molecule has 0 unspecified atom stereocenters. The van der Waals surface area contributed by atoms with Crippen LogP contribution in [0, 0.1) is 13.8 Å². The van der Waals surface area contributed by atoms with Gasteiger partial charge in [-0.05, 0) is 37.1 Å². The lowest BCUT2D eigenvalue weighted by Crippen LogP contribution is -2.26. The Bertz CT molecular complexity index is 987. The van der Waals surface area contributed by atoms with Gasteiger partial charge in [-0.2, -0.15) is 0 Å². The van der Waals surface area contributed by atoms with E-state index in [1.165, 1.54) is 11.1 Å². The predicted molar refractivity (Wildman–Crippen MR) is 110 cm³/mol. The number of hydrogen-bond donors (Lipinski definition) is 0. The van der Waals surface area contributed by atoms with Crippen LogP contribution in [0.25, 0.3) is 17.1 Å². The standard InChI is InChI=1S/C21H22N4O2S/c1-15-8-9-18(14-16(15)2)25-19(17-6-4-3-5-7-17)22-23-20(25)28-13-11-24-10-12-27-21(24)26/h3-9,14H,10-13H2,1-2H3. The summed E-state index contributed by atoms with van der Waals surface area (Å²) in [5, 5.41) is 9.73. The fourth-order valence-corrected chi connectivity index (χ4v) is 4.02. The summed E-state index contributed by atoms with van der Waals surface area (Å²) in [6, 6.07) is 16.4. The van der Waals surface area contributed by atoms with Crippen molar-refractivity contribution in [3.63, 3.8) is 0 Å². The Balaban J connectivity index is 1.65. The van der Waals surface area contributed by atoms with E-state index in [0.717, 1.165) is 28.0 Å². The van der Waals surface area contributed by atoms with Gasteiger partial charge in [0.05, 0.1) is 12.2 Å². The number of aromatic nitrogens is 3. The molecule has 0 aliphatic carbocycles. The molecule has 6 nitrogen and oxygen atoms in total. The molecule has 1 aliphatic rings. The molecular weight excluding hydrogens is 372 g/mol. The highest BCUT2D eigenvalue weighted by atomic mass is 32.2. The molecule has 1 saturated heterocycles. The molecule has 1 aliphatic heterocycles. The van der Waals surface area contributed by atoms with E-state index < -0.39 is 0 Å². The van der Waals surface area contributed by atoms with Crippen LogP contribution in [0.1, 0.15) is 11.1 Å². The third-order valence-corrected chi connectivity index (χ3v) is 5.76. The Labute approximate surface area is 168 Å². The van der Waals surface area contributed by atoms with Crippen LogP contribution in [0.5, 0.6) is 0 Å². The van der Waals surface area contributed by atoms with Gasteiger partial charge in [0, 0.05) is 17.9 Å². The zero-order valence-electron chi connectivity index (χ0n) is 16.0. The first kappa shape index (κ1) is 18.6. The van der Waals surface area contributed by atoms with Crippen LogP contribution in [0.2, 0.25) is 0 Å².